The second kappa shape index (κ2) is 10.5. The lowest BCUT2D eigenvalue weighted by molar-refractivity contribution is 0.0600. The fraction of sp³-hybridized carbons (Fsp3) is 0.188. The van der Waals surface area contributed by atoms with Crippen LogP contribution in [-0.2, 0) is 15.2 Å². The summed E-state index contributed by atoms with van der Waals surface area (Å²) >= 11 is 0. The Balaban J connectivity index is 0.000000269. The molecule has 30 heavy (non-hydrogen) atoms. The van der Waals surface area contributed by atoms with Gasteiger partial charge in [-0.05, 0) is 16.6 Å². The molecule has 0 saturated carbocycles. The lowest BCUT2D eigenvalue weighted by atomic mass is 10.2. The predicted molar refractivity (Wildman–Crippen MR) is 101 cm³/mol. The molecule has 0 aliphatic rings. The normalized spacial score (nSPS) is 9.70. The van der Waals surface area contributed by atoms with Gasteiger partial charge in [0.15, 0.2) is 0 Å². The van der Waals surface area contributed by atoms with Crippen molar-refractivity contribution in [3.8, 4) is 17.7 Å². The second-order valence-electron chi connectivity index (χ2n) is 5.08. The quantitative estimate of drug-likeness (QED) is 0.504. The van der Waals surface area contributed by atoms with Crippen LogP contribution in [0.25, 0.3) is 5.95 Å². The average Bonchev–Trinajstić information content (AvgIpc) is 3.13. The summed E-state index contributed by atoms with van der Waals surface area (Å²) in [5.41, 5.74) is -0.269. The van der Waals surface area contributed by atoms with Crippen LogP contribution >= 0.6 is 0 Å². The number of hydrogen-bond acceptors (Lipinski definition) is 11. The minimum absolute atomic E-state index is 0.142. The van der Waals surface area contributed by atoms with E-state index in [4.69, 9.17) is 9.47 Å². The minimum Gasteiger partial charge on any atom is -0.481 e. The standard InChI is InChI=1S/C8H8N6O5S.C8H8O2/c1-18-5-3-6(19-2)11-7(10-5)14-8(15)13(4-9-14)12-20(16)17;1-10-8(9)7-5-3-2-4-6-7/h3-4H,1-2H3;2-6H,1H3. The SMILES string of the molecule is COC(=O)c1ccccc1.COc1cc(OC)nc(-n2ncn(N=S(=O)=O)c2=O)n1. The zero-order chi connectivity index (χ0) is 22.1. The van der Waals surface area contributed by atoms with Gasteiger partial charge in [-0.1, -0.05) is 18.2 Å². The molecule has 0 fully saturated rings. The Bertz CT molecular complexity index is 1170. The molecule has 0 radical (unpaired) electrons. The fourth-order valence-corrected chi connectivity index (χ4v) is 2.21. The molecule has 2 aromatic heterocycles. The lowest BCUT2D eigenvalue weighted by Crippen LogP contribution is -2.23. The van der Waals surface area contributed by atoms with E-state index in [0.29, 0.717) is 10.2 Å². The van der Waals surface area contributed by atoms with Gasteiger partial charge in [-0.25, -0.2) is 9.59 Å². The number of carbonyl (C=O) groups is 1. The highest BCUT2D eigenvalue weighted by atomic mass is 32.2. The van der Waals surface area contributed by atoms with Gasteiger partial charge < -0.3 is 14.2 Å². The van der Waals surface area contributed by atoms with Gasteiger partial charge in [-0.3, -0.25) is 0 Å². The molecular formula is C16H16N6O7S. The van der Waals surface area contributed by atoms with Gasteiger partial charge in [0.25, 0.3) is 5.95 Å². The fourth-order valence-electron chi connectivity index (χ4n) is 1.95. The predicted octanol–water partition coefficient (Wildman–Crippen LogP) is 0.140. The number of benzene rings is 1. The maximum atomic E-state index is 11.8. The van der Waals surface area contributed by atoms with E-state index in [9.17, 15) is 18.0 Å². The summed E-state index contributed by atoms with van der Waals surface area (Å²) in [4.78, 5) is 30.4. The number of carbonyl (C=O) groups excluding carboxylic acids is 1. The Morgan fingerprint density at radius 1 is 1.03 bits per heavy atom. The van der Waals surface area contributed by atoms with Crippen molar-refractivity contribution in [1.82, 2.24) is 24.4 Å². The van der Waals surface area contributed by atoms with E-state index in [0.717, 1.165) is 11.0 Å². The van der Waals surface area contributed by atoms with Crippen LogP contribution < -0.4 is 15.2 Å². The molecule has 2 heterocycles. The van der Waals surface area contributed by atoms with Gasteiger partial charge in [-0.2, -0.15) is 23.1 Å². The summed E-state index contributed by atoms with van der Waals surface area (Å²) in [6.07, 6.45) is 0.910. The van der Waals surface area contributed by atoms with Crippen molar-refractivity contribution in [3.63, 3.8) is 0 Å². The van der Waals surface area contributed by atoms with Crippen molar-refractivity contribution in [1.29, 1.82) is 0 Å². The Morgan fingerprint density at radius 3 is 2.13 bits per heavy atom. The van der Waals surface area contributed by atoms with Crippen LogP contribution in [0.2, 0.25) is 0 Å². The number of esters is 1. The number of ether oxygens (including phenoxy) is 3. The van der Waals surface area contributed by atoms with Crippen LogP contribution in [0.5, 0.6) is 11.8 Å². The molecule has 0 spiro atoms. The highest BCUT2D eigenvalue weighted by molar-refractivity contribution is 7.61. The molecule has 0 atom stereocenters. The summed E-state index contributed by atoms with van der Waals surface area (Å²) in [5.74, 6) is -0.132. The van der Waals surface area contributed by atoms with Gasteiger partial charge in [0.2, 0.25) is 11.8 Å². The third-order valence-electron chi connectivity index (χ3n) is 3.28. The van der Waals surface area contributed by atoms with E-state index in [2.05, 4.69) is 24.3 Å². The van der Waals surface area contributed by atoms with Crippen molar-refractivity contribution in [3.05, 3.63) is 58.8 Å². The molecule has 3 aromatic rings. The molecule has 0 unspecified atom stereocenters. The van der Waals surface area contributed by atoms with E-state index in [1.807, 2.05) is 6.07 Å². The zero-order valence-electron chi connectivity index (χ0n) is 16.0. The summed E-state index contributed by atoms with van der Waals surface area (Å²) < 4.78 is 39.5. The van der Waals surface area contributed by atoms with Gasteiger partial charge in [0, 0.05) is 0 Å². The van der Waals surface area contributed by atoms with Crippen molar-refractivity contribution in [2.45, 2.75) is 0 Å². The molecular weight excluding hydrogens is 420 g/mol. The lowest BCUT2D eigenvalue weighted by Gasteiger charge is -2.04. The van der Waals surface area contributed by atoms with Crippen LogP contribution in [-0.4, -0.2) is 60.1 Å². The Morgan fingerprint density at radius 2 is 1.63 bits per heavy atom. The maximum absolute atomic E-state index is 11.8. The molecule has 158 valence electrons. The molecule has 14 heteroatoms. The maximum Gasteiger partial charge on any atom is 0.375 e. The molecule has 0 amide bonds. The number of methoxy groups -OCH3 is 3. The van der Waals surface area contributed by atoms with Crippen molar-refractivity contribution in [2.24, 2.45) is 4.47 Å². The molecule has 0 aliphatic heterocycles. The number of rotatable bonds is 5. The van der Waals surface area contributed by atoms with Gasteiger partial charge in [0.1, 0.15) is 6.33 Å². The monoisotopic (exact) mass is 436 g/mol. The smallest absolute Gasteiger partial charge is 0.375 e. The van der Waals surface area contributed by atoms with Gasteiger partial charge in [0.05, 0.1) is 33.0 Å². The van der Waals surface area contributed by atoms with Crippen molar-refractivity contribution < 1.29 is 27.4 Å². The van der Waals surface area contributed by atoms with E-state index < -0.39 is 16.2 Å². The molecule has 13 nitrogen and oxygen atoms in total. The van der Waals surface area contributed by atoms with E-state index >= 15 is 0 Å². The number of nitrogens with zero attached hydrogens (tertiary/aromatic N) is 6. The van der Waals surface area contributed by atoms with Crippen molar-refractivity contribution >= 4 is 16.5 Å². The molecule has 0 bridgehead atoms. The first-order valence-electron chi connectivity index (χ1n) is 7.98. The molecule has 3 rings (SSSR count). The first-order chi connectivity index (χ1) is 14.4. The first kappa shape index (κ1) is 22.2. The first-order valence-corrected chi connectivity index (χ1v) is 9.01. The highest BCUT2D eigenvalue weighted by Gasteiger charge is 2.13. The zero-order valence-corrected chi connectivity index (χ0v) is 16.8. The van der Waals surface area contributed by atoms with Crippen LogP contribution in [0.15, 0.2) is 52.0 Å². The van der Waals surface area contributed by atoms with Gasteiger partial charge >= 0.3 is 22.2 Å². The summed E-state index contributed by atoms with van der Waals surface area (Å²) in [6.45, 7) is 0. The molecule has 0 aliphatic carbocycles. The molecule has 0 saturated heterocycles. The second-order valence-corrected chi connectivity index (χ2v) is 5.68. The molecule has 0 N–H and O–H groups in total. The summed E-state index contributed by atoms with van der Waals surface area (Å²) in [7, 11) is 1.34. The number of hydrogen-bond donors (Lipinski definition) is 0. The van der Waals surface area contributed by atoms with E-state index in [1.54, 1.807) is 24.3 Å². The van der Waals surface area contributed by atoms with Crippen LogP contribution in [0.4, 0.5) is 0 Å². The largest absolute Gasteiger partial charge is 0.481 e. The summed E-state index contributed by atoms with van der Waals surface area (Å²) in [5, 5.41) is 3.65. The Hall–Kier alpha value is -4.07. The van der Waals surface area contributed by atoms with Crippen LogP contribution in [0.3, 0.4) is 0 Å². The number of aromatic nitrogens is 5. The van der Waals surface area contributed by atoms with Crippen LogP contribution in [0.1, 0.15) is 10.4 Å². The third kappa shape index (κ3) is 5.71. The average molecular weight is 436 g/mol. The van der Waals surface area contributed by atoms with E-state index in [1.165, 1.54) is 27.4 Å². The van der Waals surface area contributed by atoms with Gasteiger partial charge in [-0.15, -0.1) is 9.78 Å². The highest BCUT2D eigenvalue weighted by Crippen LogP contribution is 2.15. The topological polar surface area (TPSA) is 157 Å². The Kier molecular flexibility index (Phi) is 7.75. The van der Waals surface area contributed by atoms with E-state index in [-0.39, 0.29) is 23.7 Å². The van der Waals surface area contributed by atoms with Crippen LogP contribution in [0, 0.1) is 0 Å². The Labute approximate surface area is 171 Å². The minimum atomic E-state index is -2.79. The van der Waals surface area contributed by atoms with Crippen molar-refractivity contribution in [2.75, 3.05) is 21.3 Å². The third-order valence-corrected chi connectivity index (χ3v) is 3.59. The summed E-state index contributed by atoms with van der Waals surface area (Å²) in [6, 6.07) is 10.3. The molecule has 1 aromatic carbocycles.